The van der Waals surface area contributed by atoms with Crippen LogP contribution >= 0.6 is 0 Å². The van der Waals surface area contributed by atoms with Gasteiger partial charge < -0.3 is 19.3 Å². The minimum Gasteiger partial charge on any atom is -0.495 e. The lowest BCUT2D eigenvalue weighted by molar-refractivity contribution is 0.416. The van der Waals surface area contributed by atoms with E-state index in [9.17, 15) is 0 Å². The SMILES string of the molecule is COc1ccccc1N(c1ccccc1-c1ccccc1)c1ccc2ccc3c(N(c4ccccc4OC)c4ccccc4-c4ccccc4)ccc4ccc1c2c43. The molecule has 0 unspecified atom stereocenters. The van der Waals surface area contributed by atoms with Gasteiger partial charge in [-0.05, 0) is 81.2 Å². The van der Waals surface area contributed by atoms with Crippen LogP contribution in [-0.4, -0.2) is 14.2 Å². The van der Waals surface area contributed by atoms with Gasteiger partial charge in [0.25, 0.3) is 0 Å². The third kappa shape index (κ3) is 5.86. The van der Waals surface area contributed by atoms with Crippen molar-refractivity contribution >= 4 is 66.4 Å². The van der Waals surface area contributed by atoms with E-state index < -0.39 is 0 Å². The predicted molar refractivity (Wildman–Crippen MR) is 243 cm³/mol. The molecule has 0 heterocycles. The molecular formula is C54H40N2O2. The highest BCUT2D eigenvalue weighted by atomic mass is 16.5. The summed E-state index contributed by atoms with van der Waals surface area (Å²) in [5, 5.41) is 7.08. The Labute approximate surface area is 338 Å². The topological polar surface area (TPSA) is 24.9 Å². The highest BCUT2D eigenvalue weighted by Gasteiger charge is 2.26. The molecule has 10 aromatic carbocycles. The monoisotopic (exact) mass is 748 g/mol. The maximum absolute atomic E-state index is 6.07. The van der Waals surface area contributed by atoms with Gasteiger partial charge in [0, 0.05) is 21.9 Å². The van der Waals surface area contributed by atoms with Crippen LogP contribution in [0.25, 0.3) is 54.6 Å². The Balaban J connectivity index is 1.26. The Morgan fingerprint density at radius 1 is 0.293 bits per heavy atom. The first-order valence-electron chi connectivity index (χ1n) is 19.6. The second-order valence-corrected chi connectivity index (χ2v) is 14.4. The molecule has 58 heavy (non-hydrogen) atoms. The average molecular weight is 749 g/mol. The van der Waals surface area contributed by atoms with E-state index in [4.69, 9.17) is 9.47 Å². The highest BCUT2D eigenvalue weighted by molar-refractivity contribution is 6.28. The number of methoxy groups -OCH3 is 2. The summed E-state index contributed by atoms with van der Waals surface area (Å²) in [5.74, 6) is 1.59. The summed E-state index contributed by atoms with van der Waals surface area (Å²) >= 11 is 0. The molecule has 0 fully saturated rings. The van der Waals surface area contributed by atoms with E-state index >= 15 is 0 Å². The summed E-state index contributed by atoms with van der Waals surface area (Å²) in [6.07, 6.45) is 0. The normalized spacial score (nSPS) is 11.3. The van der Waals surface area contributed by atoms with Gasteiger partial charge in [0.2, 0.25) is 0 Å². The largest absolute Gasteiger partial charge is 0.495 e. The number of hydrogen-bond acceptors (Lipinski definition) is 4. The van der Waals surface area contributed by atoms with Crippen LogP contribution in [0.5, 0.6) is 11.5 Å². The molecular weight excluding hydrogens is 709 g/mol. The zero-order valence-electron chi connectivity index (χ0n) is 32.3. The Kier molecular flexibility index (Phi) is 8.92. The predicted octanol–water partition coefficient (Wildman–Crippen LogP) is 14.9. The molecule has 4 nitrogen and oxygen atoms in total. The number of rotatable bonds is 10. The molecule has 0 N–H and O–H groups in total. The first-order chi connectivity index (χ1) is 28.7. The zero-order chi connectivity index (χ0) is 39.0. The fourth-order valence-corrected chi connectivity index (χ4v) is 8.63. The van der Waals surface area contributed by atoms with Crippen LogP contribution in [0.2, 0.25) is 0 Å². The van der Waals surface area contributed by atoms with Crippen molar-refractivity contribution in [1.82, 2.24) is 0 Å². The van der Waals surface area contributed by atoms with E-state index in [1.54, 1.807) is 14.2 Å². The van der Waals surface area contributed by atoms with Crippen LogP contribution in [0.4, 0.5) is 34.1 Å². The van der Waals surface area contributed by atoms with Crippen molar-refractivity contribution in [3.05, 3.63) is 206 Å². The Morgan fingerprint density at radius 3 is 1.05 bits per heavy atom. The van der Waals surface area contributed by atoms with E-state index in [-0.39, 0.29) is 0 Å². The standard InChI is InChI=1S/C54H40N2O2/c1-57-51-27-15-13-25-49(51)55(45-23-11-9-21-41(45)37-17-5-3-6-18-37)47-35-31-39-30-34-44-48(36-32-40-29-33-43(47)53(39)54(40)44)56(50-26-14-16-28-52(50)58-2)46-24-12-10-22-42(46)38-19-7-4-8-20-38/h3-36H,1-2H3. The first kappa shape index (κ1) is 34.9. The van der Waals surface area contributed by atoms with Gasteiger partial charge in [-0.2, -0.15) is 0 Å². The van der Waals surface area contributed by atoms with E-state index in [1.807, 2.05) is 24.3 Å². The second kappa shape index (κ2) is 14.8. The summed E-state index contributed by atoms with van der Waals surface area (Å²) in [4.78, 5) is 4.73. The fourth-order valence-electron chi connectivity index (χ4n) is 8.63. The molecule has 0 radical (unpaired) electrons. The number of nitrogens with zero attached hydrogens (tertiary/aromatic N) is 2. The maximum Gasteiger partial charge on any atom is 0.142 e. The summed E-state index contributed by atoms with van der Waals surface area (Å²) in [6, 6.07) is 73.2. The molecule has 0 aliphatic heterocycles. The second-order valence-electron chi connectivity index (χ2n) is 14.4. The van der Waals surface area contributed by atoms with Crippen LogP contribution in [-0.2, 0) is 0 Å². The quantitative estimate of drug-likeness (QED) is 0.130. The van der Waals surface area contributed by atoms with Crippen LogP contribution in [0, 0.1) is 0 Å². The number of anilines is 6. The molecule has 0 aliphatic carbocycles. The van der Waals surface area contributed by atoms with Gasteiger partial charge in [0.1, 0.15) is 11.5 Å². The van der Waals surface area contributed by atoms with Gasteiger partial charge in [-0.3, -0.25) is 0 Å². The molecule has 10 rings (SSSR count). The van der Waals surface area contributed by atoms with Crippen molar-refractivity contribution in [2.45, 2.75) is 0 Å². The average Bonchev–Trinajstić information content (AvgIpc) is 3.30. The molecule has 278 valence electrons. The minimum atomic E-state index is 0.794. The van der Waals surface area contributed by atoms with Crippen LogP contribution in [0.15, 0.2) is 206 Å². The third-order valence-corrected chi connectivity index (χ3v) is 11.2. The molecule has 0 saturated carbocycles. The van der Waals surface area contributed by atoms with Gasteiger partial charge in [-0.25, -0.2) is 0 Å². The minimum absolute atomic E-state index is 0.794. The van der Waals surface area contributed by atoms with Crippen molar-refractivity contribution in [2.24, 2.45) is 0 Å². The molecule has 0 aliphatic rings. The van der Waals surface area contributed by atoms with Crippen molar-refractivity contribution in [1.29, 1.82) is 0 Å². The molecule has 0 bridgehead atoms. The Hall–Kier alpha value is -7.56. The fraction of sp³-hybridized carbons (Fsp3) is 0.0370. The van der Waals surface area contributed by atoms with Gasteiger partial charge in [-0.15, -0.1) is 0 Å². The molecule has 10 aromatic rings. The van der Waals surface area contributed by atoms with Crippen LogP contribution < -0.4 is 19.3 Å². The lowest BCUT2D eigenvalue weighted by Crippen LogP contribution is -2.13. The summed E-state index contributed by atoms with van der Waals surface area (Å²) in [5.41, 5.74) is 10.7. The zero-order valence-corrected chi connectivity index (χ0v) is 32.3. The van der Waals surface area contributed by atoms with Gasteiger partial charge in [0.05, 0.1) is 48.3 Å². The van der Waals surface area contributed by atoms with Crippen molar-refractivity contribution in [3.8, 4) is 33.8 Å². The van der Waals surface area contributed by atoms with E-state index in [0.717, 1.165) is 78.6 Å². The van der Waals surface area contributed by atoms with E-state index in [0.29, 0.717) is 0 Å². The number of hydrogen-bond donors (Lipinski definition) is 0. The first-order valence-corrected chi connectivity index (χ1v) is 19.6. The van der Waals surface area contributed by atoms with Crippen molar-refractivity contribution in [3.63, 3.8) is 0 Å². The van der Waals surface area contributed by atoms with Crippen LogP contribution in [0.1, 0.15) is 0 Å². The van der Waals surface area contributed by atoms with Gasteiger partial charge in [-0.1, -0.05) is 158 Å². The van der Waals surface area contributed by atoms with Crippen LogP contribution in [0.3, 0.4) is 0 Å². The molecule has 0 atom stereocenters. The lowest BCUT2D eigenvalue weighted by Gasteiger charge is -2.32. The summed E-state index contributed by atoms with van der Waals surface area (Å²) in [7, 11) is 3.49. The molecule has 0 spiro atoms. The van der Waals surface area contributed by atoms with Gasteiger partial charge in [0.15, 0.2) is 0 Å². The molecule has 0 saturated heterocycles. The maximum atomic E-state index is 6.07. The Morgan fingerprint density at radius 2 is 0.638 bits per heavy atom. The van der Waals surface area contributed by atoms with E-state index in [1.165, 1.54) is 21.5 Å². The molecule has 0 aromatic heterocycles. The molecule has 0 amide bonds. The Bertz CT molecular complexity index is 2840. The smallest absolute Gasteiger partial charge is 0.142 e. The third-order valence-electron chi connectivity index (χ3n) is 11.2. The van der Waals surface area contributed by atoms with Gasteiger partial charge >= 0.3 is 0 Å². The number of ether oxygens (including phenoxy) is 2. The highest BCUT2D eigenvalue weighted by Crippen LogP contribution is 2.51. The molecule has 4 heteroatoms. The lowest BCUT2D eigenvalue weighted by atomic mass is 9.91. The summed E-state index contributed by atoms with van der Waals surface area (Å²) in [6.45, 7) is 0. The number of para-hydroxylation sites is 6. The van der Waals surface area contributed by atoms with E-state index in [2.05, 4.69) is 192 Å². The summed E-state index contributed by atoms with van der Waals surface area (Å²) < 4.78 is 12.1. The van der Waals surface area contributed by atoms with Crippen molar-refractivity contribution in [2.75, 3.05) is 24.0 Å². The van der Waals surface area contributed by atoms with Crippen molar-refractivity contribution < 1.29 is 9.47 Å². The number of benzene rings is 10.